The van der Waals surface area contributed by atoms with Crippen molar-refractivity contribution >= 4 is 17.5 Å². The standard InChI is InChI=1S/C21H15N3O2S/c25-19(17-8-6-16(7-9-17)15-4-2-1-3-5-15)14-27-21-24-23-20(26-21)18-10-12-22-13-11-18/h1-13H,14H2. The van der Waals surface area contributed by atoms with Crippen molar-refractivity contribution in [3.05, 3.63) is 84.7 Å². The topological polar surface area (TPSA) is 68.9 Å². The molecule has 27 heavy (non-hydrogen) atoms. The zero-order valence-electron chi connectivity index (χ0n) is 14.3. The molecular weight excluding hydrogens is 358 g/mol. The van der Waals surface area contributed by atoms with E-state index in [0.29, 0.717) is 16.7 Å². The number of benzene rings is 2. The second-order valence-electron chi connectivity index (χ2n) is 5.76. The van der Waals surface area contributed by atoms with Gasteiger partial charge in [0, 0.05) is 23.5 Å². The molecule has 2 aromatic heterocycles. The van der Waals surface area contributed by atoms with E-state index < -0.39 is 0 Å². The lowest BCUT2D eigenvalue weighted by atomic mass is 10.0. The Morgan fingerprint density at radius 2 is 1.52 bits per heavy atom. The third-order valence-corrected chi connectivity index (χ3v) is 4.79. The molecule has 132 valence electrons. The minimum atomic E-state index is 0.0169. The second kappa shape index (κ2) is 7.97. The first kappa shape index (κ1) is 17.2. The highest BCUT2D eigenvalue weighted by molar-refractivity contribution is 7.99. The number of carbonyl (C=O) groups excluding carboxylic acids is 1. The van der Waals surface area contributed by atoms with Crippen LogP contribution in [0.3, 0.4) is 0 Å². The van der Waals surface area contributed by atoms with Gasteiger partial charge in [-0.3, -0.25) is 9.78 Å². The Morgan fingerprint density at radius 3 is 2.26 bits per heavy atom. The fourth-order valence-electron chi connectivity index (χ4n) is 2.57. The molecule has 0 spiro atoms. The fourth-order valence-corrected chi connectivity index (χ4v) is 3.23. The summed E-state index contributed by atoms with van der Waals surface area (Å²) in [7, 11) is 0. The van der Waals surface area contributed by atoms with E-state index >= 15 is 0 Å². The van der Waals surface area contributed by atoms with Gasteiger partial charge >= 0.3 is 0 Å². The molecule has 0 aliphatic rings. The van der Waals surface area contributed by atoms with Gasteiger partial charge in [0.15, 0.2) is 5.78 Å². The van der Waals surface area contributed by atoms with Gasteiger partial charge in [-0.05, 0) is 23.3 Å². The summed E-state index contributed by atoms with van der Waals surface area (Å²) < 4.78 is 5.59. The summed E-state index contributed by atoms with van der Waals surface area (Å²) in [5.74, 6) is 0.672. The Hall–Kier alpha value is -3.25. The first-order valence-corrected chi connectivity index (χ1v) is 9.33. The van der Waals surface area contributed by atoms with E-state index in [1.54, 1.807) is 24.5 Å². The van der Waals surface area contributed by atoms with Gasteiger partial charge < -0.3 is 4.42 Å². The van der Waals surface area contributed by atoms with E-state index in [1.807, 2.05) is 54.6 Å². The molecule has 4 rings (SSSR count). The summed E-state index contributed by atoms with van der Waals surface area (Å²) >= 11 is 1.23. The minimum absolute atomic E-state index is 0.0169. The molecule has 2 aromatic carbocycles. The highest BCUT2D eigenvalue weighted by Gasteiger charge is 2.12. The molecule has 0 aliphatic carbocycles. The van der Waals surface area contributed by atoms with Crippen LogP contribution in [0.5, 0.6) is 0 Å². The molecule has 0 unspecified atom stereocenters. The van der Waals surface area contributed by atoms with Gasteiger partial charge in [0.1, 0.15) is 0 Å². The summed E-state index contributed by atoms with van der Waals surface area (Å²) in [5, 5.41) is 8.36. The van der Waals surface area contributed by atoms with E-state index in [0.717, 1.165) is 16.7 Å². The molecule has 0 atom stereocenters. The molecular formula is C21H15N3O2S. The monoisotopic (exact) mass is 373 g/mol. The smallest absolute Gasteiger partial charge is 0.277 e. The SMILES string of the molecule is O=C(CSc1nnc(-c2ccncc2)o1)c1ccc(-c2ccccc2)cc1. The summed E-state index contributed by atoms with van der Waals surface area (Å²) in [5.41, 5.74) is 3.67. The van der Waals surface area contributed by atoms with Gasteiger partial charge in [0.2, 0.25) is 5.89 Å². The Kier molecular flexibility index (Phi) is 5.07. The number of hydrogen-bond acceptors (Lipinski definition) is 6. The minimum Gasteiger partial charge on any atom is -0.411 e. The van der Waals surface area contributed by atoms with E-state index in [9.17, 15) is 4.79 Å². The van der Waals surface area contributed by atoms with Crippen LogP contribution in [0.25, 0.3) is 22.6 Å². The van der Waals surface area contributed by atoms with E-state index in [-0.39, 0.29) is 11.5 Å². The first-order chi connectivity index (χ1) is 13.3. The third kappa shape index (κ3) is 4.12. The van der Waals surface area contributed by atoms with Crippen LogP contribution in [0.15, 0.2) is 88.8 Å². The molecule has 5 nitrogen and oxygen atoms in total. The molecule has 0 amide bonds. The molecule has 2 heterocycles. The summed E-state index contributed by atoms with van der Waals surface area (Å²) in [6, 6.07) is 21.3. The fraction of sp³-hybridized carbons (Fsp3) is 0.0476. The number of rotatable bonds is 6. The zero-order valence-corrected chi connectivity index (χ0v) is 15.1. The lowest BCUT2D eigenvalue weighted by Crippen LogP contribution is -2.02. The van der Waals surface area contributed by atoms with Gasteiger partial charge in [-0.15, -0.1) is 10.2 Å². The van der Waals surface area contributed by atoms with E-state index in [2.05, 4.69) is 15.2 Å². The van der Waals surface area contributed by atoms with Gasteiger partial charge in [-0.1, -0.05) is 66.4 Å². The van der Waals surface area contributed by atoms with Crippen molar-refractivity contribution in [2.24, 2.45) is 0 Å². The Labute approximate surface area is 160 Å². The van der Waals surface area contributed by atoms with Gasteiger partial charge in [0.25, 0.3) is 5.22 Å². The number of thioether (sulfide) groups is 1. The van der Waals surface area contributed by atoms with Crippen molar-refractivity contribution in [3.8, 4) is 22.6 Å². The lowest BCUT2D eigenvalue weighted by molar-refractivity contribution is 0.102. The number of pyridine rings is 1. The predicted octanol–water partition coefficient (Wildman–Crippen LogP) is 4.77. The molecule has 0 N–H and O–H groups in total. The second-order valence-corrected chi connectivity index (χ2v) is 6.69. The van der Waals surface area contributed by atoms with Crippen molar-refractivity contribution in [1.29, 1.82) is 0 Å². The highest BCUT2D eigenvalue weighted by Crippen LogP contribution is 2.24. The Bertz CT molecular complexity index is 1030. The van der Waals surface area contributed by atoms with Crippen LogP contribution >= 0.6 is 11.8 Å². The number of nitrogens with zero attached hydrogens (tertiary/aromatic N) is 3. The first-order valence-electron chi connectivity index (χ1n) is 8.35. The molecule has 0 fully saturated rings. The molecule has 0 saturated heterocycles. The summed E-state index contributed by atoms with van der Waals surface area (Å²) in [6.07, 6.45) is 3.32. The molecule has 0 bridgehead atoms. The quantitative estimate of drug-likeness (QED) is 0.358. The molecule has 0 aliphatic heterocycles. The average molecular weight is 373 g/mol. The van der Waals surface area contributed by atoms with E-state index in [1.165, 1.54) is 11.8 Å². The molecule has 0 radical (unpaired) electrons. The van der Waals surface area contributed by atoms with Crippen molar-refractivity contribution in [1.82, 2.24) is 15.2 Å². The van der Waals surface area contributed by atoms with E-state index in [4.69, 9.17) is 4.42 Å². The van der Waals surface area contributed by atoms with Crippen LogP contribution in [0.2, 0.25) is 0 Å². The van der Waals surface area contributed by atoms with Gasteiger partial charge in [0.05, 0.1) is 5.75 Å². The molecule has 4 aromatic rings. The van der Waals surface area contributed by atoms with Crippen molar-refractivity contribution in [3.63, 3.8) is 0 Å². The van der Waals surface area contributed by atoms with Crippen molar-refractivity contribution in [2.75, 3.05) is 5.75 Å². The van der Waals surface area contributed by atoms with Gasteiger partial charge in [-0.25, -0.2) is 0 Å². The number of ketones is 1. The molecule has 0 saturated carbocycles. The van der Waals surface area contributed by atoms with Crippen LogP contribution < -0.4 is 0 Å². The third-order valence-electron chi connectivity index (χ3n) is 3.97. The maximum atomic E-state index is 12.4. The van der Waals surface area contributed by atoms with Crippen LogP contribution in [0.1, 0.15) is 10.4 Å². The number of carbonyl (C=O) groups is 1. The highest BCUT2D eigenvalue weighted by atomic mass is 32.2. The number of Topliss-reactive ketones (excluding diaryl/α,β-unsaturated/α-hetero) is 1. The maximum absolute atomic E-state index is 12.4. The van der Waals surface area contributed by atoms with Crippen LogP contribution in [-0.2, 0) is 0 Å². The Morgan fingerprint density at radius 1 is 0.815 bits per heavy atom. The van der Waals surface area contributed by atoms with Gasteiger partial charge in [-0.2, -0.15) is 0 Å². The van der Waals surface area contributed by atoms with Crippen LogP contribution in [0.4, 0.5) is 0 Å². The largest absolute Gasteiger partial charge is 0.411 e. The Balaban J connectivity index is 1.39. The van der Waals surface area contributed by atoms with Crippen molar-refractivity contribution in [2.45, 2.75) is 5.22 Å². The van der Waals surface area contributed by atoms with Crippen LogP contribution in [0, 0.1) is 0 Å². The lowest BCUT2D eigenvalue weighted by Gasteiger charge is -2.03. The summed E-state index contributed by atoms with van der Waals surface area (Å²) in [6.45, 7) is 0. The predicted molar refractivity (Wildman–Crippen MR) is 104 cm³/mol. The number of aromatic nitrogens is 3. The maximum Gasteiger partial charge on any atom is 0.277 e. The normalized spacial score (nSPS) is 10.7. The molecule has 6 heteroatoms. The average Bonchev–Trinajstić information content (AvgIpc) is 3.22. The number of hydrogen-bond donors (Lipinski definition) is 0. The zero-order chi connectivity index (χ0) is 18.5. The summed E-state index contributed by atoms with van der Waals surface area (Å²) in [4.78, 5) is 16.4. The van der Waals surface area contributed by atoms with Crippen molar-refractivity contribution < 1.29 is 9.21 Å². The van der Waals surface area contributed by atoms with Crippen LogP contribution in [-0.4, -0.2) is 26.7 Å².